The highest BCUT2D eigenvalue weighted by molar-refractivity contribution is 6.21. The number of terminal acetylenes is 1. The van der Waals surface area contributed by atoms with Crippen molar-refractivity contribution in [2.75, 3.05) is 0 Å². The third-order valence-electron chi connectivity index (χ3n) is 2.64. The van der Waals surface area contributed by atoms with Crippen LogP contribution in [0.2, 0.25) is 0 Å². The number of alkyl halides is 1. The molecule has 17 heavy (non-hydrogen) atoms. The van der Waals surface area contributed by atoms with Crippen LogP contribution in [0.25, 0.3) is 0 Å². The summed E-state index contributed by atoms with van der Waals surface area (Å²) in [5.41, 5.74) is 0. The average molecular weight is 251 g/mol. The Kier molecular flexibility index (Phi) is 6.77. The third kappa shape index (κ3) is 5.26. The maximum absolute atomic E-state index is 6.32. The number of hydrogen-bond donors (Lipinski definition) is 0. The van der Waals surface area contributed by atoms with Crippen LogP contribution in [0.4, 0.5) is 0 Å². The number of allylic oxidation sites excluding steroid dienone is 3. The van der Waals surface area contributed by atoms with Gasteiger partial charge in [0.1, 0.15) is 0 Å². The van der Waals surface area contributed by atoms with Crippen molar-refractivity contribution in [2.45, 2.75) is 43.8 Å². The molecule has 0 radical (unpaired) electrons. The predicted octanol–water partition coefficient (Wildman–Crippen LogP) is 3.85. The summed E-state index contributed by atoms with van der Waals surface area (Å²) < 4.78 is 6.00. The first-order valence-electron chi connectivity index (χ1n) is 5.96. The number of ether oxygens (including phenoxy) is 1. The van der Waals surface area contributed by atoms with Crippen molar-refractivity contribution in [1.29, 1.82) is 0 Å². The molecule has 0 spiro atoms. The van der Waals surface area contributed by atoms with Crippen molar-refractivity contribution in [2.24, 2.45) is 0 Å². The van der Waals surface area contributed by atoms with Gasteiger partial charge in [0.15, 0.2) is 0 Å². The van der Waals surface area contributed by atoms with Crippen LogP contribution < -0.4 is 0 Å². The lowest BCUT2D eigenvalue weighted by Gasteiger charge is -2.26. The summed E-state index contributed by atoms with van der Waals surface area (Å²) in [6, 6.07) is 0. The standard InChI is InChI=1S/C15H19ClO/c1-3-5-6-12-15-14(16)11-8-7-10-13(17-15)9-4-2/h1,4-9,13-15H,10-12H2,2H3/b6-5-,8-7-,9-4+/t13-,14+,15+/m0/s1. The van der Waals surface area contributed by atoms with Gasteiger partial charge >= 0.3 is 0 Å². The molecule has 1 aliphatic rings. The van der Waals surface area contributed by atoms with E-state index >= 15 is 0 Å². The van der Waals surface area contributed by atoms with Crippen molar-refractivity contribution >= 4 is 11.6 Å². The van der Waals surface area contributed by atoms with Gasteiger partial charge in [0, 0.05) is 0 Å². The molecule has 0 unspecified atom stereocenters. The van der Waals surface area contributed by atoms with Gasteiger partial charge in [0.25, 0.3) is 0 Å². The van der Waals surface area contributed by atoms with Crippen molar-refractivity contribution in [3.8, 4) is 12.3 Å². The molecule has 0 fully saturated rings. The van der Waals surface area contributed by atoms with E-state index in [1.54, 1.807) is 6.08 Å². The fourth-order valence-corrected chi connectivity index (χ4v) is 2.05. The Balaban J connectivity index is 2.66. The first-order chi connectivity index (χ1) is 8.27. The highest BCUT2D eigenvalue weighted by Gasteiger charge is 2.22. The molecule has 0 N–H and O–H groups in total. The fourth-order valence-electron chi connectivity index (χ4n) is 1.79. The summed E-state index contributed by atoms with van der Waals surface area (Å²) >= 11 is 6.32. The molecule has 0 saturated carbocycles. The first kappa shape index (κ1) is 14.1. The van der Waals surface area contributed by atoms with Gasteiger partial charge < -0.3 is 4.74 Å². The van der Waals surface area contributed by atoms with Crippen LogP contribution in [-0.4, -0.2) is 17.6 Å². The van der Waals surface area contributed by atoms with E-state index in [2.05, 4.69) is 24.1 Å². The van der Waals surface area contributed by atoms with E-state index in [9.17, 15) is 0 Å². The van der Waals surface area contributed by atoms with E-state index in [-0.39, 0.29) is 17.6 Å². The maximum Gasteiger partial charge on any atom is 0.0794 e. The Morgan fingerprint density at radius 2 is 2.24 bits per heavy atom. The van der Waals surface area contributed by atoms with Gasteiger partial charge in [-0.2, -0.15) is 0 Å². The van der Waals surface area contributed by atoms with Gasteiger partial charge in [0.2, 0.25) is 0 Å². The molecule has 1 nitrogen and oxygen atoms in total. The molecule has 0 aliphatic carbocycles. The maximum atomic E-state index is 6.32. The molecular formula is C15H19ClO. The van der Waals surface area contributed by atoms with Crippen LogP contribution in [0.15, 0.2) is 36.5 Å². The molecule has 1 rings (SSSR count). The Hall–Kier alpha value is -0.970. The van der Waals surface area contributed by atoms with E-state index < -0.39 is 0 Å². The molecule has 0 amide bonds. The van der Waals surface area contributed by atoms with E-state index in [0.29, 0.717) is 0 Å². The van der Waals surface area contributed by atoms with Crippen molar-refractivity contribution < 1.29 is 4.74 Å². The monoisotopic (exact) mass is 250 g/mol. The highest BCUT2D eigenvalue weighted by atomic mass is 35.5. The van der Waals surface area contributed by atoms with Gasteiger partial charge in [-0.25, -0.2) is 0 Å². The highest BCUT2D eigenvalue weighted by Crippen LogP contribution is 2.22. The molecular weight excluding hydrogens is 232 g/mol. The predicted molar refractivity (Wildman–Crippen MR) is 74.1 cm³/mol. The van der Waals surface area contributed by atoms with Gasteiger partial charge in [0.05, 0.1) is 17.6 Å². The fraction of sp³-hybridized carbons (Fsp3) is 0.467. The second kappa shape index (κ2) is 8.17. The summed E-state index contributed by atoms with van der Waals surface area (Å²) in [6.07, 6.45) is 19.8. The Morgan fingerprint density at radius 1 is 1.47 bits per heavy atom. The lowest BCUT2D eigenvalue weighted by atomic mass is 10.1. The van der Waals surface area contributed by atoms with Crippen LogP contribution >= 0.6 is 11.6 Å². The zero-order valence-electron chi connectivity index (χ0n) is 10.2. The summed E-state index contributed by atoms with van der Waals surface area (Å²) in [7, 11) is 0. The van der Waals surface area contributed by atoms with Crippen LogP contribution in [0.1, 0.15) is 26.2 Å². The summed E-state index contributed by atoms with van der Waals surface area (Å²) in [4.78, 5) is 0. The van der Waals surface area contributed by atoms with E-state index in [1.807, 2.05) is 19.1 Å². The topological polar surface area (TPSA) is 9.23 Å². The molecule has 0 aromatic heterocycles. The SMILES string of the molecule is C#C/C=C\C[C@H]1O[C@@H](/C=C/C)C/C=C\C[C@H]1Cl. The normalized spacial score (nSPS) is 32.2. The number of rotatable bonds is 3. The minimum absolute atomic E-state index is 0.00160. The molecule has 1 heterocycles. The van der Waals surface area contributed by atoms with E-state index in [4.69, 9.17) is 22.8 Å². The zero-order valence-corrected chi connectivity index (χ0v) is 10.9. The Morgan fingerprint density at radius 3 is 2.94 bits per heavy atom. The van der Waals surface area contributed by atoms with Gasteiger partial charge in [-0.15, -0.1) is 18.0 Å². The van der Waals surface area contributed by atoms with Gasteiger partial charge in [-0.3, -0.25) is 0 Å². The largest absolute Gasteiger partial charge is 0.369 e. The minimum atomic E-state index is 0.00160. The lowest BCUT2D eigenvalue weighted by Crippen LogP contribution is -2.29. The second-order valence-corrected chi connectivity index (χ2v) is 4.56. The molecule has 92 valence electrons. The van der Waals surface area contributed by atoms with Crippen molar-refractivity contribution in [3.63, 3.8) is 0 Å². The van der Waals surface area contributed by atoms with E-state index in [0.717, 1.165) is 19.3 Å². The Labute approximate surface area is 109 Å². The molecule has 1 aliphatic heterocycles. The van der Waals surface area contributed by atoms with Crippen LogP contribution in [0.5, 0.6) is 0 Å². The molecule has 0 bridgehead atoms. The summed E-state index contributed by atoms with van der Waals surface area (Å²) in [5, 5.41) is 0.00160. The molecule has 0 aromatic carbocycles. The number of hydrogen-bond acceptors (Lipinski definition) is 1. The quantitative estimate of drug-likeness (QED) is 0.420. The zero-order chi connectivity index (χ0) is 12.5. The van der Waals surface area contributed by atoms with Gasteiger partial charge in [-0.1, -0.05) is 36.3 Å². The van der Waals surface area contributed by atoms with E-state index in [1.165, 1.54) is 0 Å². The minimum Gasteiger partial charge on any atom is -0.369 e. The first-order valence-corrected chi connectivity index (χ1v) is 6.40. The summed E-state index contributed by atoms with van der Waals surface area (Å²) in [5.74, 6) is 2.48. The smallest absolute Gasteiger partial charge is 0.0794 e. The van der Waals surface area contributed by atoms with Crippen molar-refractivity contribution in [3.05, 3.63) is 36.5 Å². The number of halogens is 1. The summed E-state index contributed by atoms with van der Waals surface area (Å²) in [6.45, 7) is 2.00. The van der Waals surface area contributed by atoms with Crippen LogP contribution in [-0.2, 0) is 4.74 Å². The second-order valence-electron chi connectivity index (χ2n) is 4.00. The van der Waals surface area contributed by atoms with Crippen LogP contribution in [0.3, 0.4) is 0 Å². The Bertz CT molecular complexity index is 335. The van der Waals surface area contributed by atoms with Crippen molar-refractivity contribution in [1.82, 2.24) is 0 Å². The van der Waals surface area contributed by atoms with Gasteiger partial charge in [-0.05, 0) is 32.3 Å². The van der Waals surface area contributed by atoms with Crippen LogP contribution in [0, 0.1) is 12.3 Å². The molecule has 0 aromatic rings. The molecule has 2 heteroatoms. The third-order valence-corrected chi connectivity index (χ3v) is 3.10. The lowest BCUT2D eigenvalue weighted by molar-refractivity contribution is 0.0129. The molecule has 0 saturated heterocycles. The average Bonchev–Trinajstić information content (AvgIpc) is 2.31. The molecule has 3 atom stereocenters.